The molecule has 3 amide bonds. The second-order valence-corrected chi connectivity index (χ2v) is 9.12. The van der Waals surface area contributed by atoms with E-state index < -0.39 is 17.6 Å². The number of ether oxygens (including phenoxy) is 4. The van der Waals surface area contributed by atoms with Crippen LogP contribution in [0.1, 0.15) is 36.6 Å². The van der Waals surface area contributed by atoms with E-state index in [9.17, 15) is 18.8 Å². The van der Waals surface area contributed by atoms with Crippen molar-refractivity contribution in [2.24, 2.45) is 0 Å². The molecule has 0 spiro atoms. The first-order valence-corrected chi connectivity index (χ1v) is 13.0. The molecule has 0 aromatic heterocycles. The van der Waals surface area contributed by atoms with Crippen LogP contribution in [-0.4, -0.2) is 46.2 Å². The van der Waals surface area contributed by atoms with Crippen LogP contribution in [0.15, 0.2) is 84.9 Å². The highest BCUT2D eigenvalue weighted by molar-refractivity contribution is 6.07. The maximum atomic E-state index is 13.8. The molecule has 0 saturated carbocycles. The number of hydrazine groups is 1. The molecule has 0 unspecified atom stereocenters. The lowest BCUT2D eigenvalue weighted by Gasteiger charge is -2.24. The van der Waals surface area contributed by atoms with E-state index in [0.29, 0.717) is 39.8 Å². The molecule has 0 bridgehead atoms. The summed E-state index contributed by atoms with van der Waals surface area (Å²) in [6.45, 7) is 0.152. The first-order valence-electron chi connectivity index (χ1n) is 13.0. The summed E-state index contributed by atoms with van der Waals surface area (Å²) >= 11 is 0. The third-order valence-corrected chi connectivity index (χ3v) is 6.48. The van der Waals surface area contributed by atoms with Crippen molar-refractivity contribution >= 4 is 23.4 Å². The predicted molar refractivity (Wildman–Crippen MR) is 157 cm³/mol. The minimum absolute atomic E-state index is 0.152. The number of anilines is 1. The number of amides is 3. The van der Waals surface area contributed by atoms with Crippen molar-refractivity contribution in [2.75, 3.05) is 33.3 Å². The van der Waals surface area contributed by atoms with Crippen molar-refractivity contribution in [1.82, 2.24) is 10.9 Å². The average molecular weight is 588 g/mol. The largest absolute Gasteiger partial charge is 0.497 e. The van der Waals surface area contributed by atoms with Crippen LogP contribution in [-0.2, 0) is 6.54 Å². The molecule has 0 aliphatic carbocycles. The monoisotopic (exact) mass is 587 g/mol. The molecule has 0 atom stereocenters. The van der Waals surface area contributed by atoms with Crippen molar-refractivity contribution in [3.05, 3.63) is 113 Å². The number of carbonyl (C=O) groups is 3. The SMILES string of the molecule is COc1ccc(N(Cc2cc(OC)c(OC)c(OC)c2)C(=O)c2ccc(C(=O)NNC(=O)c3ccc(F)cc3)cc2)cc1. The van der Waals surface area contributed by atoms with Crippen LogP contribution in [0.2, 0.25) is 0 Å². The second-order valence-electron chi connectivity index (χ2n) is 9.12. The van der Waals surface area contributed by atoms with Gasteiger partial charge in [0, 0.05) is 22.4 Å². The molecule has 222 valence electrons. The number of methoxy groups -OCH3 is 4. The fourth-order valence-corrected chi connectivity index (χ4v) is 4.23. The zero-order chi connectivity index (χ0) is 30.9. The molecule has 0 aliphatic rings. The van der Waals surface area contributed by atoms with E-state index in [4.69, 9.17) is 18.9 Å². The highest BCUT2D eigenvalue weighted by atomic mass is 19.1. The molecule has 10 nitrogen and oxygen atoms in total. The molecule has 4 rings (SSSR count). The van der Waals surface area contributed by atoms with E-state index in [1.165, 1.54) is 57.7 Å². The van der Waals surface area contributed by atoms with Gasteiger partial charge in [0.05, 0.1) is 35.0 Å². The van der Waals surface area contributed by atoms with Crippen LogP contribution in [0, 0.1) is 5.82 Å². The van der Waals surface area contributed by atoms with Gasteiger partial charge in [-0.1, -0.05) is 0 Å². The number of hydrogen-bond donors (Lipinski definition) is 2. The van der Waals surface area contributed by atoms with Gasteiger partial charge in [-0.2, -0.15) is 0 Å². The highest BCUT2D eigenvalue weighted by Crippen LogP contribution is 2.39. The standard InChI is InChI=1S/C32H30FN3O7/c1-40-26-15-13-25(14-16-26)36(19-20-17-27(41-2)29(43-4)28(18-20)42-3)32(39)23-7-5-21(6-8-23)30(37)34-35-31(38)22-9-11-24(33)12-10-22/h5-18H,19H2,1-4H3,(H,34,37)(H,35,38). The summed E-state index contributed by atoms with van der Waals surface area (Å²) in [5.41, 5.74) is 6.60. The lowest BCUT2D eigenvalue weighted by atomic mass is 10.1. The zero-order valence-electron chi connectivity index (χ0n) is 24.0. The lowest BCUT2D eigenvalue weighted by Crippen LogP contribution is -2.41. The summed E-state index contributed by atoms with van der Waals surface area (Å²) in [6.07, 6.45) is 0. The molecule has 0 heterocycles. The number of carbonyl (C=O) groups excluding carboxylic acids is 3. The Bertz CT molecular complexity index is 1570. The number of halogens is 1. The van der Waals surface area contributed by atoms with Crippen molar-refractivity contribution in [2.45, 2.75) is 6.54 Å². The van der Waals surface area contributed by atoms with Gasteiger partial charge in [-0.25, -0.2) is 4.39 Å². The van der Waals surface area contributed by atoms with Crippen molar-refractivity contribution < 1.29 is 37.7 Å². The summed E-state index contributed by atoms with van der Waals surface area (Å²) in [6, 6.07) is 21.4. The highest BCUT2D eigenvalue weighted by Gasteiger charge is 2.22. The van der Waals surface area contributed by atoms with Crippen LogP contribution in [0.3, 0.4) is 0 Å². The Labute approximate surface area is 247 Å². The molecular weight excluding hydrogens is 557 g/mol. The Kier molecular flexibility index (Phi) is 9.79. The maximum absolute atomic E-state index is 13.8. The van der Waals surface area contributed by atoms with Crippen molar-refractivity contribution in [1.29, 1.82) is 0 Å². The van der Waals surface area contributed by atoms with E-state index in [-0.39, 0.29) is 23.6 Å². The predicted octanol–water partition coefficient (Wildman–Crippen LogP) is 4.78. The Balaban J connectivity index is 1.55. The number of hydrogen-bond acceptors (Lipinski definition) is 7. The molecule has 11 heteroatoms. The van der Waals surface area contributed by atoms with Gasteiger partial charge in [-0.3, -0.25) is 25.2 Å². The summed E-state index contributed by atoms with van der Waals surface area (Å²) in [4.78, 5) is 40.2. The zero-order valence-corrected chi connectivity index (χ0v) is 24.0. The van der Waals surface area contributed by atoms with Gasteiger partial charge in [0.25, 0.3) is 17.7 Å². The van der Waals surface area contributed by atoms with E-state index in [1.54, 1.807) is 48.4 Å². The molecule has 4 aromatic rings. The first kappa shape index (κ1) is 30.4. The van der Waals surface area contributed by atoms with Gasteiger partial charge in [0.1, 0.15) is 11.6 Å². The van der Waals surface area contributed by atoms with Gasteiger partial charge in [-0.15, -0.1) is 0 Å². The van der Waals surface area contributed by atoms with Crippen molar-refractivity contribution in [3.63, 3.8) is 0 Å². The number of nitrogens with one attached hydrogen (secondary N) is 2. The van der Waals surface area contributed by atoms with E-state index >= 15 is 0 Å². The van der Waals surface area contributed by atoms with Gasteiger partial charge in [0.15, 0.2) is 11.5 Å². The van der Waals surface area contributed by atoms with Crippen molar-refractivity contribution in [3.8, 4) is 23.0 Å². The Morgan fingerprint density at radius 1 is 0.651 bits per heavy atom. The van der Waals surface area contributed by atoms with Crippen LogP contribution < -0.4 is 34.7 Å². The average Bonchev–Trinajstić information content (AvgIpc) is 3.05. The lowest BCUT2D eigenvalue weighted by molar-refractivity contribution is 0.0846. The quantitative estimate of drug-likeness (QED) is 0.257. The Hall–Kier alpha value is -5.58. The summed E-state index contributed by atoms with van der Waals surface area (Å²) in [5, 5.41) is 0. The topological polar surface area (TPSA) is 115 Å². The summed E-state index contributed by atoms with van der Waals surface area (Å²) < 4.78 is 34.7. The van der Waals surface area contributed by atoms with E-state index in [2.05, 4.69) is 10.9 Å². The number of rotatable bonds is 10. The minimum Gasteiger partial charge on any atom is -0.497 e. The fraction of sp³-hybridized carbons (Fsp3) is 0.156. The van der Waals surface area contributed by atoms with Crippen LogP contribution in [0.5, 0.6) is 23.0 Å². The van der Waals surface area contributed by atoms with Gasteiger partial charge in [0.2, 0.25) is 5.75 Å². The Morgan fingerprint density at radius 2 is 1.14 bits per heavy atom. The van der Waals surface area contributed by atoms with Crippen LogP contribution in [0.25, 0.3) is 0 Å². The molecule has 0 fully saturated rings. The number of nitrogens with zero attached hydrogens (tertiary/aromatic N) is 1. The third-order valence-electron chi connectivity index (χ3n) is 6.48. The van der Waals surface area contributed by atoms with E-state index in [1.807, 2.05) is 0 Å². The smallest absolute Gasteiger partial charge is 0.269 e. The number of benzene rings is 4. The molecule has 0 radical (unpaired) electrons. The van der Waals surface area contributed by atoms with Gasteiger partial charge < -0.3 is 23.8 Å². The van der Waals surface area contributed by atoms with Gasteiger partial charge >= 0.3 is 0 Å². The van der Waals surface area contributed by atoms with Crippen LogP contribution >= 0.6 is 0 Å². The molecule has 43 heavy (non-hydrogen) atoms. The Morgan fingerprint density at radius 3 is 1.60 bits per heavy atom. The fourth-order valence-electron chi connectivity index (χ4n) is 4.23. The second kappa shape index (κ2) is 13.9. The molecule has 0 saturated heterocycles. The maximum Gasteiger partial charge on any atom is 0.269 e. The third kappa shape index (κ3) is 7.20. The van der Waals surface area contributed by atoms with Crippen LogP contribution in [0.4, 0.5) is 10.1 Å². The molecule has 0 aliphatic heterocycles. The molecule has 2 N–H and O–H groups in total. The minimum atomic E-state index is -0.609. The molecule has 4 aromatic carbocycles. The first-order chi connectivity index (χ1) is 20.8. The molecular formula is C32H30FN3O7. The van der Waals surface area contributed by atoms with Gasteiger partial charge in [-0.05, 0) is 90.5 Å². The normalized spacial score (nSPS) is 10.3. The summed E-state index contributed by atoms with van der Waals surface area (Å²) in [5.74, 6) is -0.0768. The summed E-state index contributed by atoms with van der Waals surface area (Å²) in [7, 11) is 6.09. The van der Waals surface area contributed by atoms with E-state index in [0.717, 1.165) is 12.1 Å².